The predicted molar refractivity (Wildman–Crippen MR) is 65.9 cm³/mol. The van der Waals surface area contributed by atoms with Crippen LogP contribution in [0.2, 0.25) is 0 Å². The first kappa shape index (κ1) is 11.6. The molecule has 1 aliphatic rings. The van der Waals surface area contributed by atoms with Crippen LogP contribution in [0.4, 0.5) is 5.69 Å². The summed E-state index contributed by atoms with van der Waals surface area (Å²) in [6.45, 7) is 5.76. The SMILES string of the molecule is Cc1ccc(N2CC(=O)NC(C)C2=O)c(C)c1. The number of nitrogens with zero attached hydrogens (tertiary/aromatic N) is 1. The molecule has 1 aliphatic heterocycles. The molecule has 1 fully saturated rings. The maximum atomic E-state index is 12.0. The molecule has 1 N–H and O–H groups in total. The maximum Gasteiger partial charge on any atom is 0.249 e. The molecule has 4 nitrogen and oxygen atoms in total. The van der Waals surface area contributed by atoms with Gasteiger partial charge < -0.3 is 10.2 Å². The van der Waals surface area contributed by atoms with E-state index in [1.54, 1.807) is 11.8 Å². The third-order valence-electron chi connectivity index (χ3n) is 2.96. The molecule has 0 saturated carbocycles. The Balaban J connectivity index is 2.38. The second kappa shape index (κ2) is 4.20. The minimum atomic E-state index is -0.447. The summed E-state index contributed by atoms with van der Waals surface area (Å²) >= 11 is 0. The highest BCUT2D eigenvalue weighted by atomic mass is 16.2. The van der Waals surface area contributed by atoms with Crippen molar-refractivity contribution in [3.8, 4) is 0 Å². The number of anilines is 1. The molecule has 2 amide bonds. The van der Waals surface area contributed by atoms with Crippen LogP contribution in [0.15, 0.2) is 18.2 Å². The molecule has 4 heteroatoms. The first-order valence-corrected chi connectivity index (χ1v) is 5.67. The van der Waals surface area contributed by atoms with Gasteiger partial charge in [-0.3, -0.25) is 9.59 Å². The van der Waals surface area contributed by atoms with Gasteiger partial charge >= 0.3 is 0 Å². The number of hydrogen-bond donors (Lipinski definition) is 1. The molecule has 1 aromatic rings. The van der Waals surface area contributed by atoms with Gasteiger partial charge in [0.25, 0.3) is 0 Å². The summed E-state index contributed by atoms with van der Waals surface area (Å²) in [4.78, 5) is 25.0. The van der Waals surface area contributed by atoms with Gasteiger partial charge in [-0.1, -0.05) is 17.7 Å². The highest BCUT2D eigenvalue weighted by Gasteiger charge is 2.30. The van der Waals surface area contributed by atoms with Crippen molar-refractivity contribution in [2.45, 2.75) is 26.8 Å². The number of hydrogen-bond acceptors (Lipinski definition) is 2. The van der Waals surface area contributed by atoms with Gasteiger partial charge in [-0.25, -0.2) is 0 Å². The third kappa shape index (κ3) is 2.16. The Morgan fingerprint density at radius 1 is 1.29 bits per heavy atom. The lowest BCUT2D eigenvalue weighted by atomic mass is 10.1. The summed E-state index contributed by atoms with van der Waals surface area (Å²) < 4.78 is 0. The molecule has 0 spiro atoms. The van der Waals surface area contributed by atoms with E-state index in [-0.39, 0.29) is 18.4 Å². The fourth-order valence-corrected chi connectivity index (χ4v) is 2.12. The van der Waals surface area contributed by atoms with Gasteiger partial charge in [-0.05, 0) is 32.4 Å². The van der Waals surface area contributed by atoms with Gasteiger partial charge in [0.05, 0.1) is 0 Å². The topological polar surface area (TPSA) is 49.4 Å². The van der Waals surface area contributed by atoms with E-state index in [2.05, 4.69) is 5.32 Å². The first-order valence-electron chi connectivity index (χ1n) is 5.67. The monoisotopic (exact) mass is 232 g/mol. The molecule has 1 aromatic carbocycles. The van der Waals surface area contributed by atoms with E-state index in [9.17, 15) is 9.59 Å². The summed E-state index contributed by atoms with van der Waals surface area (Å²) in [5.41, 5.74) is 2.98. The van der Waals surface area contributed by atoms with Crippen molar-refractivity contribution in [2.75, 3.05) is 11.4 Å². The molecule has 0 radical (unpaired) electrons. The molecule has 90 valence electrons. The van der Waals surface area contributed by atoms with E-state index in [1.807, 2.05) is 32.0 Å². The molecular weight excluding hydrogens is 216 g/mol. The van der Waals surface area contributed by atoms with E-state index in [0.717, 1.165) is 16.8 Å². The average molecular weight is 232 g/mol. The van der Waals surface area contributed by atoms with Crippen molar-refractivity contribution in [3.63, 3.8) is 0 Å². The molecule has 1 heterocycles. The van der Waals surface area contributed by atoms with E-state index < -0.39 is 6.04 Å². The number of carbonyl (C=O) groups is 2. The molecule has 1 atom stereocenters. The van der Waals surface area contributed by atoms with Crippen LogP contribution >= 0.6 is 0 Å². The Morgan fingerprint density at radius 2 is 2.00 bits per heavy atom. The molecule has 0 aromatic heterocycles. The lowest BCUT2D eigenvalue weighted by molar-refractivity contribution is -0.130. The van der Waals surface area contributed by atoms with E-state index in [4.69, 9.17) is 0 Å². The Kier molecular flexibility index (Phi) is 2.88. The molecule has 2 rings (SSSR count). The van der Waals surface area contributed by atoms with Crippen molar-refractivity contribution in [1.82, 2.24) is 5.32 Å². The number of aryl methyl sites for hydroxylation is 2. The van der Waals surface area contributed by atoms with E-state index >= 15 is 0 Å². The summed E-state index contributed by atoms with van der Waals surface area (Å²) in [5, 5.41) is 2.63. The van der Waals surface area contributed by atoms with Crippen LogP contribution in [0.5, 0.6) is 0 Å². The number of piperazine rings is 1. The van der Waals surface area contributed by atoms with Crippen molar-refractivity contribution >= 4 is 17.5 Å². The van der Waals surface area contributed by atoms with Crippen molar-refractivity contribution < 1.29 is 9.59 Å². The Labute approximate surface area is 101 Å². The van der Waals surface area contributed by atoms with E-state index in [0.29, 0.717) is 0 Å². The zero-order valence-corrected chi connectivity index (χ0v) is 10.3. The summed E-state index contributed by atoms with van der Waals surface area (Å²) in [5.74, 6) is -0.173. The van der Waals surface area contributed by atoms with E-state index in [1.165, 1.54) is 0 Å². The fraction of sp³-hybridized carbons (Fsp3) is 0.385. The van der Waals surface area contributed by atoms with Crippen molar-refractivity contribution in [3.05, 3.63) is 29.3 Å². The molecule has 17 heavy (non-hydrogen) atoms. The number of benzene rings is 1. The minimum Gasteiger partial charge on any atom is -0.343 e. The molecule has 1 unspecified atom stereocenters. The summed E-state index contributed by atoms with van der Waals surface area (Å²) in [6.07, 6.45) is 0. The predicted octanol–water partition coefficient (Wildman–Crippen LogP) is 1.15. The molecule has 0 bridgehead atoms. The molecule has 0 aliphatic carbocycles. The zero-order valence-electron chi connectivity index (χ0n) is 10.3. The smallest absolute Gasteiger partial charge is 0.249 e. The van der Waals surface area contributed by atoms with Crippen LogP contribution in [0.1, 0.15) is 18.1 Å². The largest absolute Gasteiger partial charge is 0.343 e. The fourth-order valence-electron chi connectivity index (χ4n) is 2.12. The Hall–Kier alpha value is -1.84. The second-order valence-corrected chi connectivity index (χ2v) is 4.50. The average Bonchev–Trinajstić information content (AvgIpc) is 2.24. The van der Waals surface area contributed by atoms with Crippen molar-refractivity contribution in [2.24, 2.45) is 0 Å². The van der Waals surface area contributed by atoms with Crippen LogP contribution < -0.4 is 10.2 Å². The normalized spacial score (nSPS) is 20.4. The van der Waals surface area contributed by atoms with Gasteiger partial charge in [0.2, 0.25) is 11.8 Å². The Bertz CT molecular complexity index is 482. The first-order chi connectivity index (χ1) is 7.99. The Morgan fingerprint density at radius 3 is 2.65 bits per heavy atom. The lowest BCUT2D eigenvalue weighted by Gasteiger charge is -2.31. The van der Waals surface area contributed by atoms with Crippen LogP contribution in [0.25, 0.3) is 0 Å². The summed E-state index contributed by atoms with van der Waals surface area (Å²) in [7, 11) is 0. The standard InChI is InChI=1S/C13H16N2O2/c1-8-4-5-11(9(2)6-8)15-7-12(16)14-10(3)13(15)17/h4-6,10H,7H2,1-3H3,(H,14,16). The van der Waals surface area contributed by atoms with Gasteiger partial charge in [-0.2, -0.15) is 0 Å². The van der Waals surface area contributed by atoms with Crippen molar-refractivity contribution in [1.29, 1.82) is 0 Å². The van der Waals surface area contributed by atoms with Gasteiger partial charge in [0.1, 0.15) is 12.6 Å². The van der Waals surface area contributed by atoms with Gasteiger partial charge in [0.15, 0.2) is 0 Å². The maximum absolute atomic E-state index is 12.0. The number of rotatable bonds is 1. The second-order valence-electron chi connectivity index (χ2n) is 4.50. The number of amides is 2. The van der Waals surface area contributed by atoms with Crippen LogP contribution in [-0.2, 0) is 9.59 Å². The lowest BCUT2D eigenvalue weighted by Crippen LogP contribution is -2.57. The third-order valence-corrected chi connectivity index (χ3v) is 2.96. The van der Waals surface area contributed by atoms with Gasteiger partial charge in [0, 0.05) is 5.69 Å². The van der Waals surface area contributed by atoms with Gasteiger partial charge in [-0.15, -0.1) is 0 Å². The minimum absolute atomic E-state index is 0.0587. The molecular formula is C13H16N2O2. The zero-order chi connectivity index (χ0) is 12.6. The molecule has 1 saturated heterocycles. The highest BCUT2D eigenvalue weighted by Crippen LogP contribution is 2.23. The van der Waals surface area contributed by atoms with Crippen LogP contribution in [-0.4, -0.2) is 24.4 Å². The number of nitrogens with one attached hydrogen (secondary N) is 1. The summed E-state index contributed by atoms with van der Waals surface area (Å²) in [6, 6.07) is 5.41. The van der Waals surface area contributed by atoms with Crippen LogP contribution in [0, 0.1) is 13.8 Å². The highest BCUT2D eigenvalue weighted by molar-refractivity contribution is 6.06. The van der Waals surface area contributed by atoms with Crippen LogP contribution in [0.3, 0.4) is 0 Å². The quantitative estimate of drug-likeness (QED) is 0.789. The number of carbonyl (C=O) groups excluding carboxylic acids is 2.